The number of halogens is 3. The molecule has 0 spiro atoms. The number of thiophene rings is 1. The van der Waals surface area contributed by atoms with Gasteiger partial charge in [0.05, 0.1) is 12.0 Å². The van der Waals surface area contributed by atoms with E-state index in [0.29, 0.717) is 13.1 Å². The summed E-state index contributed by atoms with van der Waals surface area (Å²) in [6.45, 7) is 2.84. The summed E-state index contributed by atoms with van der Waals surface area (Å²) in [4.78, 5) is 2.09. The maximum atomic E-state index is 12.7. The van der Waals surface area contributed by atoms with Crippen LogP contribution >= 0.6 is 11.3 Å². The fourth-order valence-corrected chi connectivity index (χ4v) is 3.48. The average molecular weight is 292 g/mol. The molecule has 19 heavy (non-hydrogen) atoms. The summed E-state index contributed by atoms with van der Waals surface area (Å²) in [6.07, 6.45) is -3.70. The summed E-state index contributed by atoms with van der Waals surface area (Å²) < 4.78 is 38.0. The van der Waals surface area contributed by atoms with Crippen molar-refractivity contribution >= 4 is 11.3 Å². The normalized spacial score (nSPS) is 22.4. The van der Waals surface area contributed by atoms with Crippen molar-refractivity contribution in [3.8, 4) is 0 Å². The van der Waals surface area contributed by atoms with Crippen LogP contribution < -0.4 is 5.73 Å². The maximum Gasteiger partial charge on any atom is 0.391 e. The van der Waals surface area contributed by atoms with Gasteiger partial charge in [0.1, 0.15) is 0 Å². The molecule has 2 unspecified atom stereocenters. The predicted octanol–water partition coefficient (Wildman–Crippen LogP) is 3.41. The standard InChI is InChI=1S/C13H19F3N2S/c1-9(17)12(10-4-7-19-8-10)18-5-2-11(3-6-18)13(14,15)16/h4,7-9,11-12H,2-3,5-6,17H2,1H3. The third-order valence-corrected chi connectivity index (χ3v) is 4.47. The van der Waals surface area contributed by atoms with Crippen molar-refractivity contribution < 1.29 is 13.2 Å². The molecule has 0 saturated carbocycles. The van der Waals surface area contributed by atoms with E-state index in [9.17, 15) is 13.2 Å². The van der Waals surface area contributed by atoms with Crippen LogP contribution in [0.15, 0.2) is 16.8 Å². The Kier molecular flexibility index (Phi) is 4.53. The van der Waals surface area contributed by atoms with Gasteiger partial charge in [-0.3, -0.25) is 4.90 Å². The van der Waals surface area contributed by atoms with Crippen molar-refractivity contribution in [1.29, 1.82) is 0 Å². The summed E-state index contributed by atoms with van der Waals surface area (Å²) in [6, 6.07) is 1.95. The van der Waals surface area contributed by atoms with Gasteiger partial charge >= 0.3 is 6.18 Å². The summed E-state index contributed by atoms with van der Waals surface area (Å²) >= 11 is 1.59. The molecule has 2 rings (SSSR count). The minimum absolute atomic E-state index is 0.0282. The van der Waals surface area contributed by atoms with Gasteiger partial charge in [-0.1, -0.05) is 0 Å². The minimum atomic E-state index is -4.06. The monoisotopic (exact) mass is 292 g/mol. The van der Waals surface area contributed by atoms with Crippen molar-refractivity contribution in [3.05, 3.63) is 22.4 Å². The summed E-state index contributed by atoms with van der Waals surface area (Å²) in [5.41, 5.74) is 7.14. The van der Waals surface area contributed by atoms with Crippen molar-refractivity contribution in [2.45, 2.75) is 38.0 Å². The van der Waals surface area contributed by atoms with Crippen molar-refractivity contribution in [2.75, 3.05) is 13.1 Å². The molecule has 0 amide bonds. The Balaban J connectivity index is 2.03. The molecule has 6 heteroatoms. The van der Waals surface area contributed by atoms with Crippen molar-refractivity contribution in [1.82, 2.24) is 4.90 Å². The van der Waals surface area contributed by atoms with Crippen LogP contribution in [0.4, 0.5) is 13.2 Å². The zero-order valence-corrected chi connectivity index (χ0v) is 11.7. The third-order valence-electron chi connectivity index (χ3n) is 3.77. The van der Waals surface area contributed by atoms with Gasteiger partial charge in [-0.05, 0) is 55.2 Å². The van der Waals surface area contributed by atoms with E-state index < -0.39 is 12.1 Å². The Hall–Kier alpha value is -0.590. The Labute approximate surface area is 115 Å². The number of likely N-dealkylation sites (tertiary alicyclic amines) is 1. The van der Waals surface area contributed by atoms with Gasteiger partial charge in [0, 0.05) is 6.04 Å². The Morgan fingerprint density at radius 1 is 1.37 bits per heavy atom. The number of nitrogens with two attached hydrogens (primary N) is 1. The van der Waals surface area contributed by atoms with Gasteiger partial charge in [-0.2, -0.15) is 24.5 Å². The van der Waals surface area contributed by atoms with E-state index in [1.54, 1.807) is 11.3 Å². The minimum Gasteiger partial charge on any atom is -0.326 e. The molecule has 2 heterocycles. The molecule has 2 nitrogen and oxygen atoms in total. The number of rotatable bonds is 3. The summed E-state index contributed by atoms with van der Waals surface area (Å²) in [7, 11) is 0. The molecule has 1 fully saturated rings. The fraction of sp³-hybridized carbons (Fsp3) is 0.692. The molecular formula is C13H19F3N2S. The molecule has 0 bridgehead atoms. The quantitative estimate of drug-likeness (QED) is 0.925. The molecule has 1 aromatic rings. The maximum absolute atomic E-state index is 12.7. The fourth-order valence-electron chi connectivity index (χ4n) is 2.80. The highest BCUT2D eigenvalue weighted by molar-refractivity contribution is 7.07. The molecule has 2 atom stereocenters. The van der Waals surface area contributed by atoms with Crippen LogP contribution in [0.25, 0.3) is 0 Å². The molecule has 1 aliphatic rings. The highest BCUT2D eigenvalue weighted by atomic mass is 32.1. The zero-order valence-electron chi connectivity index (χ0n) is 10.9. The van der Waals surface area contributed by atoms with Gasteiger partial charge in [0.2, 0.25) is 0 Å². The highest BCUT2D eigenvalue weighted by Crippen LogP contribution is 2.37. The summed E-state index contributed by atoms with van der Waals surface area (Å²) in [5, 5.41) is 4.01. The molecule has 108 valence electrons. The van der Waals surface area contributed by atoms with E-state index in [1.807, 2.05) is 23.8 Å². The van der Waals surface area contributed by atoms with Crippen LogP contribution in [0.3, 0.4) is 0 Å². The van der Waals surface area contributed by atoms with E-state index in [-0.39, 0.29) is 24.9 Å². The van der Waals surface area contributed by atoms with Gasteiger partial charge in [-0.25, -0.2) is 0 Å². The van der Waals surface area contributed by atoms with Gasteiger partial charge in [0.15, 0.2) is 0 Å². The lowest BCUT2D eigenvalue weighted by molar-refractivity contribution is -0.186. The van der Waals surface area contributed by atoms with Crippen LogP contribution in [0.5, 0.6) is 0 Å². The first kappa shape index (κ1) is 14.8. The Bertz CT molecular complexity index is 381. The Morgan fingerprint density at radius 3 is 2.42 bits per heavy atom. The molecule has 2 N–H and O–H groups in total. The highest BCUT2D eigenvalue weighted by Gasteiger charge is 2.42. The number of hydrogen-bond acceptors (Lipinski definition) is 3. The van der Waals surface area contributed by atoms with Crippen LogP contribution in [-0.4, -0.2) is 30.2 Å². The van der Waals surface area contributed by atoms with E-state index >= 15 is 0 Å². The Morgan fingerprint density at radius 2 is 2.00 bits per heavy atom. The molecule has 1 aliphatic heterocycles. The summed E-state index contributed by atoms with van der Waals surface area (Å²) in [5.74, 6) is -1.15. The van der Waals surface area contributed by atoms with E-state index in [2.05, 4.69) is 4.90 Å². The second kappa shape index (κ2) is 5.81. The smallest absolute Gasteiger partial charge is 0.326 e. The number of nitrogens with zero attached hydrogens (tertiary/aromatic N) is 1. The number of piperidine rings is 1. The first-order valence-corrected chi connectivity index (χ1v) is 7.42. The van der Waals surface area contributed by atoms with Gasteiger partial charge < -0.3 is 5.73 Å². The van der Waals surface area contributed by atoms with Crippen LogP contribution in [0.2, 0.25) is 0 Å². The zero-order chi connectivity index (χ0) is 14.0. The van der Waals surface area contributed by atoms with E-state index in [1.165, 1.54) is 0 Å². The van der Waals surface area contributed by atoms with Crippen molar-refractivity contribution in [3.63, 3.8) is 0 Å². The first-order chi connectivity index (χ1) is 8.89. The molecule has 0 radical (unpaired) electrons. The third kappa shape index (κ3) is 3.49. The lowest BCUT2D eigenvalue weighted by Crippen LogP contribution is -2.45. The molecule has 0 aliphatic carbocycles. The molecular weight excluding hydrogens is 273 g/mol. The van der Waals surface area contributed by atoms with Gasteiger partial charge in [0.25, 0.3) is 0 Å². The average Bonchev–Trinajstić information content (AvgIpc) is 2.82. The molecule has 0 aromatic carbocycles. The number of hydrogen-bond donors (Lipinski definition) is 1. The van der Waals surface area contributed by atoms with Crippen LogP contribution in [0.1, 0.15) is 31.4 Å². The van der Waals surface area contributed by atoms with E-state index in [4.69, 9.17) is 5.73 Å². The lowest BCUT2D eigenvalue weighted by atomic mass is 9.92. The SMILES string of the molecule is CC(N)C(c1ccsc1)N1CCC(C(F)(F)F)CC1. The van der Waals surface area contributed by atoms with Gasteiger partial charge in [-0.15, -0.1) is 0 Å². The molecule has 1 aromatic heterocycles. The van der Waals surface area contributed by atoms with Crippen molar-refractivity contribution in [2.24, 2.45) is 11.7 Å². The first-order valence-electron chi connectivity index (χ1n) is 6.48. The largest absolute Gasteiger partial charge is 0.391 e. The number of alkyl halides is 3. The lowest BCUT2D eigenvalue weighted by Gasteiger charge is -2.39. The molecule has 1 saturated heterocycles. The van der Waals surface area contributed by atoms with Crippen LogP contribution in [-0.2, 0) is 0 Å². The second-order valence-electron chi connectivity index (χ2n) is 5.21. The van der Waals surface area contributed by atoms with E-state index in [0.717, 1.165) is 5.56 Å². The predicted molar refractivity (Wildman–Crippen MR) is 71.1 cm³/mol. The topological polar surface area (TPSA) is 29.3 Å². The second-order valence-corrected chi connectivity index (χ2v) is 5.99. The van der Waals surface area contributed by atoms with Crippen LogP contribution in [0, 0.1) is 5.92 Å².